The molecule has 0 aliphatic rings. The number of benzene rings is 2. The number of halogens is 4. The maximum Gasteiger partial charge on any atom is 0.234 e. The molecular formula is C15H11Cl2F2NOS. The Morgan fingerprint density at radius 2 is 1.82 bits per heavy atom. The first-order chi connectivity index (χ1) is 10.5. The quantitative estimate of drug-likeness (QED) is 0.798. The van der Waals surface area contributed by atoms with Gasteiger partial charge < -0.3 is 5.32 Å². The molecule has 0 unspecified atom stereocenters. The first kappa shape index (κ1) is 17.1. The van der Waals surface area contributed by atoms with E-state index in [0.717, 1.165) is 17.7 Å². The lowest BCUT2D eigenvalue weighted by molar-refractivity contribution is -0.113. The molecule has 22 heavy (non-hydrogen) atoms. The van der Waals surface area contributed by atoms with Crippen LogP contribution in [0.4, 0.5) is 14.5 Å². The van der Waals surface area contributed by atoms with Crippen molar-refractivity contribution in [3.05, 3.63) is 63.6 Å². The molecular weight excluding hydrogens is 351 g/mol. The number of hydrogen-bond donors (Lipinski definition) is 1. The summed E-state index contributed by atoms with van der Waals surface area (Å²) in [5.74, 6) is -1.48. The van der Waals surface area contributed by atoms with Gasteiger partial charge in [-0.05, 0) is 29.8 Å². The van der Waals surface area contributed by atoms with E-state index in [1.54, 1.807) is 12.1 Å². The topological polar surface area (TPSA) is 29.1 Å². The molecule has 0 saturated heterocycles. The summed E-state index contributed by atoms with van der Waals surface area (Å²) in [7, 11) is 0. The van der Waals surface area contributed by atoms with Crippen LogP contribution in [0.15, 0.2) is 36.4 Å². The Morgan fingerprint density at radius 3 is 2.50 bits per heavy atom. The van der Waals surface area contributed by atoms with Gasteiger partial charge in [0.15, 0.2) is 11.6 Å². The summed E-state index contributed by atoms with van der Waals surface area (Å²) in [5.41, 5.74) is 1.17. The van der Waals surface area contributed by atoms with E-state index in [1.165, 1.54) is 17.8 Å². The average molecular weight is 362 g/mol. The van der Waals surface area contributed by atoms with E-state index >= 15 is 0 Å². The van der Waals surface area contributed by atoms with Crippen molar-refractivity contribution in [3.8, 4) is 0 Å². The highest BCUT2D eigenvalue weighted by Crippen LogP contribution is 2.24. The number of nitrogens with one attached hydrogen (secondary N) is 1. The molecule has 0 radical (unpaired) electrons. The van der Waals surface area contributed by atoms with Crippen LogP contribution in [0.1, 0.15) is 5.56 Å². The predicted octanol–water partition coefficient (Wildman–Crippen LogP) is 5.14. The van der Waals surface area contributed by atoms with Crippen molar-refractivity contribution in [2.24, 2.45) is 0 Å². The van der Waals surface area contributed by atoms with Gasteiger partial charge in [0, 0.05) is 17.5 Å². The lowest BCUT2D eigenvalue weighted by Crippen LogP contribution is -2.14. The van der Waals surface area contributed by atoms with Gasteiger partial charge in [0.1, 0.15) is 0 Å². The minimum Gasteiger partial charge on any atom is -0.325 e. The van der Waals surface area contributed by atoms with E-state index in [9.17, 15) is 13.6 Å². The monoisotopic (exact) mass is 361 g/mol. The molecule has 2 aromatic rings. The summed E-state index contributed by atoms with van der Waals surface area (Å²) in [6.07, 6.45) is 0. The van der Waals surface area contributed by atoms with Gasteiger partial charge in [-0.1, -0.05) is 29.3 Å². The molecule has 0 aromatic heterocycles. The van der Waals surface area contributed by atoms with Crippen molar-refractivity contribution >= 4 is 46.6 Å². The normalized spacial score (nSPS) is 10.5. The van der Waals surface area contributed by atoms with E-state index in [2.05, 4.69) is 5.32 Å². The van der Waals surface area contributed by atoms with Crippen LogP contribution in [0.2, 0.25) is 10.0 Å². The lowest BCUT2D eigenvalue weighted by Gasteiger charge is -2.06. The highest BCUT2D eigenvalue weighted by atomic mass is 35.5. The van der Waals surface area contributed by atoms with Crippen LogP contribution in [0.5, 0.6) is 0 Å². The molecule has 2 aromatic carbocycles. The molecule has 0 bridgehead atoms. The Morgan fingerprint density at radius 1 is 1.05 bits per heavy atom. The lowest BCUT2D eigenvalue weighted by atomic mass is 10.2. The number of hydrogen-bond acceptors (Lipinski definition) is 2. The highest BCUT2D eigenvalue weighted by Gasteiger charge is 2.07. The maximum absolute atomic E-state index is 13.0. The molecule has 0 heterocycles. The minimum absolute atomic E-state index is 0.180. The van der Waals surface area contributed by atoms with Crippen molar-refractivity contribution in [1.29, 1.82) is 0 Å². The first-order valence-corrected chi connectivity index (χ1v) is 8.13. The third-order valence-electron chi connectivity index (χ3n) is 2.69. The summed E-state index contributed by atoms with van der Waals surface area (Å²) in [4.78, 5) is 11.7. The van der Waals surface area contributed by atoms with E-state index < -0.39 is 11.6 Å². The number of amides is 1. The Hall–Kier alpha value is -1.30. The van der Waals surface area contributed by atoms with Gasteiger partial charge in [0.2, 0.25) is 5.91 Å². The molecule has 1 N–H and O–H groups in total. The van der Waals surface area contributed by atoms with Crippen LogP contribution in [-0.4, -0.2) is 11.7 Å². The van der Waals surface area contributed by atoms with Crippen LogP contribution in [0.3, 0.4) is 0 Å². The molecule has 0 spiro atoms. The summed E-state index contributed by atoms with van der Waals surface area (Å²) < 4.78 is 25.8. The van der Waals surface area contributed by atoms with Crippen molar-refractivity contribution < 1.29 is 13.6 Å². The van der Waals surface area contributed by atoms with Crippen LogP contribution in [-0.2, 0) is 10.5 Å². The maximum atomic E-state index is 13.0. The second-order valence-corrected chi connectivity index (χ2v) is 6.22. The SMILES string of the molecule is O=C(CSCc1ccc(Cl)c(Cl)c1)Nc1ccc(F)c(F)c1. The van der Waals surface area contributed by atoms with Crippen LogP contribution < -0.4 is 5.32 Å². The predicted molar refractivity (Wildman–Crippen MR) is 87.6 cm³/mol. The molecule has 7 heteroatoms. The highest BCUT2D eigenvalue weighted by molar-refractivity contribution is 7.99. The zero-order chi connectivity index (χ0) is 16.1. The molecule has 2 rings (SSSR count). The fourth-order valence-corrected chi connectivity index (χ4v) is 2.76. The van der Waals surface area contributed by atoms with Crippen molar-refractivity contribution in [3.63, 3.8) is 0 Å². The van der Waals surface area contributed by atoms with Gasteiger partial charge in [-0.3, -0.25) is 4.79 Å². The smallest absolute Gasteiger partial charge is 0.234 e. The van der Waals surface area contributed by atoms with Crippen molar-refractivity contribution in [2.45, 2.75) is 5.75 Å². The number of carbonyl (C=O) groups excluding carboxylic acids is 1. The van der Waals surface area contributed by atoms with E-state index in [4.69, 9.17) is 23.2 Å². The first-order valence-electron chi connectivity index (χ1n) is 6.22. The number of rotatable bonds is 5. The fourth-order valence-electron chi connectivity index (χ4n) is 1.66. The van der Waals surface area contributed by atoms with E-state index in [-0.39, 0.29) is 17.3 Å². The summed E-state index contributed by atoms with van der Waals surface area (Å²) in [6.45, 7) is 0. The fraction of sp³-hybridized carbons (Fsp3) is 0.133. The molecule has 2 nitrogen and oxygen atoms in total. The molecule has 0 saturated carbocycles. The minimum atomic E-state index is -0.999. The summed E-state index contributed by atoms with van der Waals surface area (Å²) in [6, 6.07) is 8.48. The zero-order valence-electron chi connectivity index (χ0n) is 11.2. The Bertz CT molecular complexity index is 697. The number of thioether (sulfide) groups is 1. The molecule has 0 aliphatic heterocycles. The molecule has 1 amide bonds. The Kier molecular flexibility index (Phi) is 6.06. The van der Waals surface area contributed by atoms with Crippen molar-refractivity contribution in [1.82, 2.24) is 0 Å². The standard InChI is InChI=1S/C15H11Cl2F2NOS/c16-11-3-1-9(5-12(11)17)7-22-8-15(21)20-10-2-4-13(18)14(19)6-10/h1-6H,7-8H2,(H,20,21). The number of carbonyl (C=O) groups is 1. The van der Waals surface area contributed by atoms with Gasteiger partial charge in [0.05, 0.1) is 15.8 Å². The van der Waals surface area contributed by atoms with Gasteiger partial charge in [-0.2, -0.15) is 0 Å². The summed E-state index contributed by atoms with van der Waals surface area (Å²) in [5, 5.41) is 3.45. The molecule has 116 valence electrons. The summed E-state index contributed by atoms with van der Waals surface area (Å²) >= 11 is 13.1. The molecule has 0 aliphatic carbocycles. The van der Waals surface area contributed by atoms with Gasteiger partial charge in [-0.15, -0.1) is 11.8 Å². The van der Waals surface area contributed by atoms with Gasteiger partial charge in [0.25, 0.3) is 0 Å². The van der Waals surface area contributed by atoms with E-state index in [1.807, 2.05) is 6.07 Å². The molecule has 0 fully saturated rings. The third-order valence-corrected chi connectivity index (χ3v) is 4.43. The largest absolute Gasteiger partial charge is 0.325 e. The molecule has 0 atom stereocenters. The van der Waals surface area contributed by atoms with Crippen LogP contribution >= 0.6 is 35.0 Å². The Labute approximate surface area is 140 Å². The zero-order valence-corrected chi connectivity index (χ0v) is 13.5. The van der Waals surface area contributed by atoms with Crippen LogP contribution in [0, 0.1) is 11.6 Å². The van der Waals surface area contributed by atoms with Gasteiger partial charge in [-0.25, -0.2) is 8.78 Å². The second-order valence-electron chi connectivity index (χ2n) is 4.42. The third kappa shape index (κ3) is 4.87. The van der Waals surface area contributed by atoms with Gasteiger partial charge >= 0.3 is 0 Å². The van der Waals surface area contributed by atoms with Crippen molar-refractivity contribution in [2.75, 3.05) is 11.1 Å². The van der Waals surface area contributed by atoms with Crippen LogP contribution in [0.25, 0.3) is 0 Å². The number of anilines is 1. The average Bonchev–Trinajstić information content (AvgIpc) is 2.47. The Balaban J connectivity index is 1.82. The van der Waals surface area contributed by atoms with E-state index in [0.29, 0.717) is 15.8 Å². The second kappa shape index (κ2) is 7.81.